The van der Waals surface area contributed by atoms with Crippen LogP contribution in [0, 0.1) is 5.92 Å². The van der Waals surface area contributed by atoms with Gasteiger partial charge in [-0.05, 0) is 31.7 Å². The quantitative estimate of drug-likeness (QED) is 0.777. The van der Waals surface area contributed by atoms with Gasteiger partial charge in [0.25, 0.3) is 0 Å². The Morgan fingerprint density at radius 3 is 2.50 bits per heavy atom. The first-order valence-electron chi connectivity index (χ1n) is 5.59. The largest absolute Gasteiger partial charge is 0.328 e. The summed E-state index contributed by atoms with van der Waals surface area (Å²) in [5.74, 6) is 0.448. The minimum Gasteiger partial charge on any atom is -0.328 e. The van der Waals surface area contributed by atoms with Gasteiger partial charge in [0.05, 0.1) is 0 Å². The molecule has 16 heavy (non-hydrogen) atoms. The molecule has 0 aromatic carbocycles. The molecule has 0 saturated heterocycles. The number of hydrogen-bond donors (Lipinski definition) is 2. The van der Waals surface area contributed by atoms with Crippen LogP contribution in [0.2, 0.25) is 0 Å². The van der Waals surface area contributed by atoms with Crippen molar-refractivity contribution < 1.29 is 4.79 Å². The van der Waals surface area contributed by atoms with Crippen molar-refractivity contribution in [3.8, 4) is 0 Å². The Kier molecular flexibility index (Phi) is 3.46. The van der Waals surface area contributed by atoms with Crippen molar-refractivity contribution in [2.24, 2.45) is 11.7 Å². The molecule has 1 aromatic heterocycles. The summed E-state index contributed by atoms with van der Waals surface area (Å²) < 4.78 is 0. The Hall–Kier alpha value is -1.49. The number of carbonyl (C=O) groups is 1. The Balaban J connectivity index is 1.89. The fourth-order valence-electron chi connectivity index (χ4n) is 1.96. The van der Waals surface area contributed by atoms with Crippen molar-refractivity contribution in [2.75, 3.05) is 5.32 Å². The van der Waals surface area contributed by atoms with E-state index in [0.29, 0.717) is 5.95 Å². The zero-order valence-electron chi connectivity index (χ0n) is 9.10. The van der Waals surface area contributed by atoms with Crippen molar-refractivity contribution in [3.63, 3.8) is 0 Å². The molecular formula is C11H16N4O. The van der Waals surface area contributed by atoms with Gasteiger partial charge in [0.15, 0.2) is 0 Å². The summed E-state index contributed by atoms with van der Waals surface area (Å²) in [6.45, 7) is 0. The van der Waals surface area contributed by atoms with Crippen LogP contribution in [-0.4, -0.2) is 21.9 Å². The molecule has 1 saturated carbocycles. The first kappa shape index (κ1) is 11.0. The number of hydrogen-bond acceptors (Lipinski definition) is 4. The third kappa shape index (κ3) is 2.76. The Morgan fingerprint density at radius 2 is 1.88 bits per heavy atom. The number of aromatic nitrogens is 2. The molecule has 2 rings (SSSR count). The van der Waals surface area contributed by atoms with Crippen molar-refractivity contribution in [3.05, 3.63) is 18.5 Å². The number of amides is 1. The van der Waals surface area contributed by atoms with E-state index in [0.717, 1.165) is 25.7 Å². The summed E-state index contributed by atoms with van der Waals surface area (Å²) in [7, 11) is 0. The highest BCUT2D eigenvalue weighted by Gasteiger charge is 2.24. The van der Waals surface area contributed by atoms with Gasteiger partial charge in [-0.25, -0.2) is 9.97 Å². The van der Waals surface area contributed by atoms with Crippen LogP contribution in [0.3, 0.4) is 0 Å². The lowest BCUT2D eigenvalue weighted by Gasteiger charge is -2.24. The molecule has 3 N–H and O–H groups in total. The predicted molar refractivity (Wildman–Crippen MR) is 60.6 cm³/mol. The maximum Gasteiger partial charge on any atom is 0.229 e. The summed E-state index contributed by atoms with van der Waals surface area (Å²) in [5, 5.41) is 2.72. The fraction of sp³-hybridized carbons (Fsp3) is 0.545. The van der Waals surface area contributed by atoms with Crippen molar-refractivity contribution >= 4 is 11.9 Å². The van der Waals surface area contributed by atoms with Crippen LogP contribution in [0.25, 0.3) is 0 Å². The minimum absolute atomic E-state index is 0.0121. The summed E-state index contributed by atoms with van der Waals surface area (Å²) in [4.78, 5) is 19.8. The highest BCUT2D eigenvalue weighted by Crippen LogP contribution is 2.23. The molecule has 1 fully saturated rings. The first-order valence-corrected chi connectivity index (χ1v) is 5.59. The summed E-state index contributed by atoms with van der Waals surface area (Å²) in [5.41, 5.74) is 5.79. The minimum atomic E-state index is 0.0121. The second-order valence-corrected chi connectivity index (χ2v) is 4.17. The second kappa shape index (κ2) is 5.03. The molecule has 0 atom stereocenters. The van der Waals surface area contributed by atoms with Gasteiger partial charge < -0.3 is 5.73 Å². The normalized spacial score (nSPS) is 25.1. The topological polar surface area (TPSA) is 80.9 Å². The zero-order valence-corrected chi connectivity index (χ0v) is 9.10. The second-order valence-electron chi connectivity index (χ2n) is 4.17. The maximum absolute atomic E-state index is 11.8. The van der Waals surface area contributed by atoms with Crippen molar-refractivity contribution in [2.45, 2.75) is 31.7 Å². The van der Waals surface area contributed by atoms with Crippen LogP contribution in [0.1, 0.15) is 25.7 Å². The number of rotatable bonds is 2. The molecule has 5 heteroatoms. The van der Waals surface area contributed by atoms with Crippen LogP contribution >= 0.6 is 0 Å². The average Bonchev–Trinajstić information content (AvgIpc) is 2.31. The van der Waals surface area contributed by atoms with Gasteiger partial charge in [-0.15, -0.1) is 0 Å². The van der Waals surface area contributed by atoms with E-state index in [-0.39, 0.29) is 17.9 Å². The van der Waals surface area contributed by atoms with Crippen molar-refractivity contribution in [1.29, 1.82) is 0 Å². The average molecular weight is 220 g/mol. The van der Waals surface area contributed by atoms with Crippen molar-refractivity contribution in [1.82, 2.24) is 9.97 Å². The molecule has 1 heterocycles. The van der Waals surface area contributed by atoms with Gasteiger partial charge in [-0.3, -0.25) is 10.1 Å². The molecule has 86 valence electrons. The van der Waals surface area contributed by atoms with Gasteiger partial charge >= 0.3 is 0 Å². The number of nitrogens with zero attached hydrogens (tertiary/aromatic N) is 2. The van der Waals surface area contributed by atoms with Crippen LogP contribution in [0.15, 0.2) is 18.5 Å². The number of nitrogens with two attached hydrogens (primary N) is 1. The first-order chi connectivity index (χ1) is 7.75. The van der Waals surface area contributed by atoms with Gasteiger partial charge in [0, 0.05) is 24.4 Å². The van der Waals surface area contributed by atoms with Gasteiger partial charge in [0.1, 0.15) is 0 Å². The van der Waals surface area contributed by atoms with E-state index in [1.54, 1.807) is 18.5 Å². The summed E-state index contributed by atoms with van der Waals surface area (Å²) >= 11 is 0. The van der Waals surface area contributed by atoms with Gasteiger partial charge in [-0.2, -0.15) is 0 Å². The third-order valence-corrected chi connectivity index (χ3v) is 2.94. The predicted octanol–water partition coefficient (Wildman–Crippen LogP) is 0.933. The van der Waals surface area contributed by atoms with Crippen LogP contribution in [-0.2, 0) is 4.79 Å². The van der Waals surface area contributed by atoms with Crippen LogP contribution < -0.4 is 11.1 Å². The van der Waals surface area contributed by atoms with E-state index in [2.05, 4.69) is 15.3 Å². The molecule has 5 nitrogen and oxygen atoms in total. The zero-order chi connectivity index (χ0) is 11.4. The Morgan fingerprint density at radius 1 is 1.25 bits per heavy atom. The van der Waals surface area contributed by atoms with Crippen LogP contribution in [0.5, 0.6) is 0 Å². The van der Waals surface area contributed by atoms with E-state index in [1.807, 2.05) is 0 Å². The Labute approximate surface area is 94.5 Å². The monoisotopic (exact) mass is 220 g/mol. The van der Waals surface area contributed by atoms with E-state index in [9.17, 15) is 4.79 Å². The maximum atomic E-state index is 11.8. The van der Waals surface area contributed by atoms with E-state index < -0.39 is 0 Å². The molecular weight excluding hydrogens is 204 g/mol. The standard InChI is InChI=1S/C11H16N4O/c12-9-4-2-8(3-5-9)10(16)15-11-13-6-1-7-14-11/h1,6-9H,2-5,12H2,(H,13,14,15,16). The summed E-state index contributed by atoms with van der Waals surface area (Å²) in [6, 6.07) is 1.98. The highest BCUT2D eigenvalue weighted by atomic mass is 16.2. The SMILES string of the molecule is NC1CCC(C(=O)Nc2ncccn2)CC1. The lowest BCUT2D eigenvalue weighted by Crippen LogP contribution is -2.32. The fourth-order valence-corrected chi connectivity index (χ4v) is 1.96. The molecule has 1 aromatic rings. The molecule has 0 unspecified atom stereocenters. The van der Waals surface area contributed by atoms with E-state index >= 15 is 0 Å². The molecule has 1 aliphatic rings. The molecule has 0 spiro atoms. The highest BCUT2D eigenvalue weighted by molar-refractivity contribution is 5.90. The molecule has 1 amide bonds. The molecule has 1 aliphatic carbocycles. The lowest BCUT2D eigenvalue weighted by molar-refractivity contribution is -0.120. The number of carbonyl (C=O) groups excluding carboxylic acids is 1. The van der Waals surface area contributed by atoms with E-state index in [1.165, 1.54) is 0 Å². The smallest absolute Gasteiger partial charge is 0.229 e. The number of anilines is 1. The molecule has 0 radical (unpaired) electrons. The number of nitrogens with one attached hydrogen (secondary N) is 1. The summed E-state index contributed by atoms with van der Waals surface area (Å²) in [6.07, 6.45) is 6.79. The Bertz CT molecular complexity index is 346. The van der Waals surface area contributed by atoms with Gasteiger partial charge in [-0.1, -0.05) is 0 Å². The van der Waals surface area contributed by atoms with Crippen LogP contribution in [0.4, 0.5) is 5.95 Å². The van der Waals surface area contributed by atoms with E-state index in [4.69, 9.17) is 5.73 Å². The molecule has 0 aliphatic heterocycles. The molecule has 0 bridgehead atoms. The third-order valence-electron chi connectivity index (χ3n) is 2.94. The van der Waals surface area contributed by atoms with Gasteiger partial charge in [0.2, 0.25) is 11.9 Å². The lowest BCUT2D eigenvalue weighted by atomic mass is 9.86.